The van der Waals surface area contributed by atoms with Gasteiger partial charge in [-0.2, -0.15) is 0 Å². The van der Waals surface area contributed by atoms with Gasteiger partial charge in [0, 0.05) is 15.0 Å². The third-order valence-corrected chi connectivity index (χ3v) is 4.70. The minimum Gasteiger partial charge on any atom is -0.313 e. The number of hydrogen-bond donors (Lipinski definition) is 1. The Bertz CT molecular complexity index is 549. The Morgan fingerprint density at radius 2 is 1.74 bits per heavy atom. The van der Waals surface area contributed by atoms with Crippen molar-refractivity contribution in [1.29, 1.82) is 0 Å². The van der Waals surface area contributed by atoms with Crippen LogP contribution in [0.2, 0.25) is 0 Å². The van der Waals surface area contributed by atoms with Crippen molar-refractivity contribution in [3.63, 3.8) is 0 Å². The number of likely N-dealkylation sites (N-methyl/N-ethyl adjacent to an activating group) is 1. The molecule has 100 valence electrons. The van der Waals surface area contributed by atoms with Crippen LogP contribution < -0.4 is 5.32 Å². The van der Waals surface area contributed by atoms with Crippen LogP contribution in [0.4, 0.5) is 0 Å². The molecular formula is C16H17Br2N. The molecule has 3 heteroatoms. The Hall–Kier alpha value is -0.640. The summed E-state index contributed by atoms with van der Waals surface area (Å²) in [6.07, 6.45) is 0.991. The van der Waals surface area contributed by atoms with E-state index < -0.39 is 0 Å². The van der Waals surface area contributed by atoms with Crippen LogP contribution in [0.15, 0.2) is 51.4 Å². The van der Waals surface area contributed by atoms with E-state index in [0.29, 0.717) is 6.04 Å². The summed E-state index contributed by atoms with van der Waals surface area (Å²) in [5.74, 6) is 0. The molecule has 0 aliphatic carbocycles. The fraction of sp³-hybridized carbons (Fsp3) is 0.250. The molecule has 1 atom stereocenters. The van der Waals surface area contributed by atoms with Gasteiger partial charge >= 0.3 is 0 Å². The first-order valence-corrected chi connectivity index (χ1v) is 7.86. The second-order valence-electron chi connectivity index (χ2n) is 4.68. The molecule has 1 unspecified atom stereocenters. The highest BCUT2D eigenvalue weighted by Crippen LogP contribution is 2.24. The predicted octanol–water partition coefficient (Wildman–Crippen LogP) is 5.02. The van der Waals surface area contributed by atoms with Crippen molar-refractivity contribution in [3.8, 4) is 0 Å². The Labute approximate surface area is 131 Å². The molecule has 0 radical (unpaired) electrons. The number of aryl methyl sites for hydroxylation is 1. The summed E-state index contributed by atoms with van der Waals surface area (Å²) in [5, 5.41) is 3.40. The summed E-state index contributed by atoms with van der Waals surface area (Å²) >= 11 is 7.02. The van der Waals surface area contributed by atoms with E-state index in [1.165, 1.54) is 16.7 Å². The second-order valence-corrected chi connectivity index (χ2v) is 6.45. The van der Waals surface area contributed by atoms with Crippen molar-refractivity contribution in [2.24, 2.45) is 0 Å². The molecule has 2 rings (SSSR count). The molecule has 0 amide bonds. The number of benzene rings is 2. The van der Waals surface area contributed by atoms with Gasteiger partial charge in [-0.15, -0.1) is 0 Å². The highest BCUT2D eigenvalue weighted by atomic mass is 79.9. The number of halogens is 2. The van der Waals surface area contributed by atoms with Crippen LogP contribution in [0.1, 0.15) is 22.7 Å². The smallest absolute Gasteiger partial charge is 0.0358 e. The molecule has 0 saturated heterocycles. The average molecular weight is 383 g/mol. The minimum atomic E-state index is 0.341. The van der Waals surface area contributed by atoms with Crippen LogP contribution in [0.5, 0.6) is 0 Å². The second kappa shape index (κ2) is 6.69. The van der Waals surface area contributed by atoms with Gasteiger partial charge in [-0.25, -0.2) is 0 Å². The van der Waals surface area contributed by atoms with Crippen LogP contribution in [-0.4, -0.2) is 7.05 Å². The summed E-state index contributed by atoms with van der Waals surface area (Å²) < 4.78 is 2.28. The molecule has 0 saturated carbocycles. The maximum absolute atomic E-state index is 3.55. The number of rotatable bonds is 4. The van der Waals surface area contributed by atoms with Crippen molar-refractivity contribution < 1.29 is 0 Å². The van der Waals surface area contributed by atoms with Crippen LogP contribution >= 0.6 is 31.9 Å². The first kappa shape index (κ1) is 14.8. The van der Waals surface area contributed by atoms with Crippen LogP contribution in [0.25, 0.3) is 0 Å². The predicted molar refractivity (Wildman–Crippen MR) is 88.5 cm³/mol. The molecule has 1 nitrogen and oxygen atoms in total. The molecule has 1 N–H and O–H groups in total. The summed E-state index contributed by atoms with van der Waals surface area (Å²) in [6, 6.07) is 15.4. The molecule has 0 heterocycles. The van der Waals surface area contributed by atoms with E-state index in [4.69, 9.17) is 0 Å². The van der Waals surface area contributed by atoms with E-state index in [1.54, 1.807) is 0 Å². The van der Waals surface area contributed by atoms with E-state index in [0.717, 1.165) is 15.4 Å². The van der Waals surface area contributed by atoms with Crippen molar-refractivity contribution in [3.05, 3.63) is 68.1 Å². The van der Waals surface area contributed by atoms with Gasteiger partial charge in [0.05, 0.1) is 0 Å². The lowest BCUT2D eigenvalue weighted by atomic mass is 9.98. The van der Waals surface area contributed by atoms with E-state index in [-0.39, 0.29) is 0 Å². The zero-order chi connectivity index (χ0) is 13.8. The molecule has 0 spiro atoms. The van der Waals surface area contributed by atoms with Crippen molar-refractivity contribution in [1.82, 2.24) is 5.32 Å². The summed E-state index contributed by atoms with van der Waals surface area (Å²) in [6.45, 7) is 2.12. The van der Waals surface area contributed by atoms with Gasteiger partial charge in [0.15, 0.2) is 0 Å². The lowest BCUT2D eigenvalue weighted by Gasteiger charge is -2.18. The quantitative estimate of drug-likeness (QED) is 0.782. The van der Waals surface area contributed by atoms with E-state index in [9.17, 15) is 0 Å². The summed E-state index contributed by atoms with van der Waals surface area (Å²) in [7, 11) is 2.01. The normalized spacial score (nSPS) is 12.4. The maximum Gasteiger partial charge on any atom is 0.0358 e. The lowest BCUT2D eigenvalue weighted by Crippen LogP contribution is -2.18. The van der Waals surface area contributed by atoms with E-state index in [2.05, 4.69) is 86.6 Å². The zero-order valence-electron chi connectivity index (χ0n) is 11.1. The topological polar surface area (TPSA) is 12.0 Å². The minimum absolute atomic E-state index is 0.341. The number of nitrogens with one attached hydrogen (secondary N) is 1. The fourth-order valence-electron chi connectivity index (χ4n) is 2.13. The Kier molecular flexibility index (Phi) is 5.20. The van der Waals surface area contributed by atoms with Crippen molar-refractivity contribution in [2.75, 3.05) is 7.05 Å². The van der Waals surface area contributed by atoms with Gasteiger partial charge in [0.25, 0.3) is 0 Å². The highest BCUT2D eigenvalue weighted by molar-refractivity contribution is 9.10. The Balaban J connectivity index is 2.19. The first-order valence-electron chi connectivity index (χ1n) is 6.28. The van der Waals surface area contributed by atoms with Crippen LogP contribution in [-0.2, 0) is 6.42 Å². The first-order chi connectivity index (χ1) is 9.10. The molecular weight excluding hydrogens is 366 g/mol. The molecule has 19 heavy (non-hydrogen) atoms. The van der Waals surface area contributed by atoms with Crippen LogP contribution in [0, 0.1) is 6.92 Å². The zero-order valence-corrected chi connectivity index (χ0v) is 14.3. The fourth-order valence-corrected chi connectivity index (χ4v) is 2.64. The summed E-state index contributed by atoms with van der Waals surface area (Å²) in [4.78, 5) is 0. The van der Waals surface area contributed by atoms with Gasteiger partial charge in [-0.05, 0) is 55.3 Å². The van der Waals surface area contributed by atoms with Gasteiger partial charge in [-0.1, -0.05) is 56.1 Å². The largest absolute Gasteiger partial charge is 0.313 e. The molecule has 0 aliphatic rings. The third-order valence-electron chi connectivity index (χ3n) is 3.29. The van der Waals surface area contributed by atoms with E-state index in [1.807, 2.05) is 7.05 Å². The average Bonchev–Trinajstić information content (AvgIpc) is 2.41. The van der Waals surface area contributed by atoms with Gasteiger partial charge < -0.3 is 5.32 Å². The van der Waals surface area contributed by atoms with Crippen molar-refractivity contribution in [2.45, 2.75) is 19.4 Å². The Morgan fingerprint density at radius 1 is 1.05 bits per heavy atom. The number of hydrogen-bond acceptors (Lipinski definition) is 1. The van der Waals surface area contributed by atoms with E-state index >= 15 is 0 Å². The molecule has 2 aromatic rings. The highest BCUT2D eigenvalue weighted by Gasteiger charge is 2.11. The SMILES string of the molecule is CNC(Cc1ccc(Br)cc1)c1ccc(Br)c(C)c1. The van der Waals surface area contributed by atoms with Crippen molar-refractivity contribution >= 4 is 31.9 Å². The third kappa shape index (κ3) is 3.91. The van der Waals surface area contributed by atoms with Crippen LogP contribution in [0.3, 0.4) is 0 Å². The van der Waals surface area contributed by atoms with Gasteiger partial charge in [0.1, 0.15) is 0 Å². The monoisotopic (exact) mass is 381 g/mol. The van der Waals surface area contributed by atoms with Gasteiger partial charge in [-0.3, -0.25) is 0 Å². The molecule has 0 bridgehead atoms. The lowest BCUT2D eigenvalue weighted by molar-refractivity contribution is 0.591. The van der Waals surface area contributed by atoms with Gasteiger partial charge in [0.2, 0.25) is 0 Å². The molecule has 0 fully saturated rings. The molecule has 0 aromatic heterocycles. The summed E-state index contributed by atoms with van der Waals surface area (Å²) in [5.41, 5.74) is 3.93. The maximum atomic E-state index is 3.55. The molecule has 2 aromatic carbocycles. The standard InChI is InChI=1S/C16H17Br2N/c1-11-9-13(5-8-15(11)18)16(19-2)10-12-3-6-14(17)7-4-12/h3-9,16,19H,10H2,1-2H3. The molecule has 0 aliphatic heterocycles. The Morgan fingerprint density at radius 3 is 2.32 bits per heavy atom.